The van der Waals surface area contributed by atoms with Gasteiger partial charge in [0.1, 0.15) is 5.82 Å². The molecule has 0 aliphatic carbocycles. The third kappa shape index (κ3) is 3.57. The fraction of sp³-hybridized carbons (Fsp3) is 0.0400. The van der Waals surface area contributed by atoms with E-state index in [4.69, 9.17) is 4.98 Å². The van der Waals surface area contributed by atoms with E-state index < -0.39 is 0 Å². The standard InChI is InChI=1S/C25H18IN3O/c26-19-11-12-23-21(14-19)25(30)29(16-17-6-2-1-3-7-17)24(28-23)13-10-18-15-27-22-9-5-4-8-20(18)22/h1-15,27H,16H2/b13-10+. The molecule has 146 valence electrons. The molecule has 2 heterocycles. The molecule has 0 amide bonds. The Labute approximate surface area is 187 Å². The average molecular weight is 503 g/mol. The first-order valence-electron chi connectivity index (χ1n) is 9.67. The smallest absolute Gasteiger partial charge is 0.261 e. The molecular formula is C25H18IN3O. The first-order valence-corrected chi connectivity index (χ1v) is 10.8. The molecular weight excluding hydrogens is 485 g/mol. The molecule has 5 heteroatoms. The van der Waals surface area contributed by atoms with Crippen LogP contribution < -0.4 is 5.56 Å². The Morgan fingerprint density at radius 1 is 0.933 bits per heavy atom. The van der Waals surface area contributed by atoms with Crippen LogP contribution in [-0.2, 0) is 6.54 Å². The molecule has 0 unspecified atom stereocenters. The summed E-state index contributed by atoms with van der Waals surface area (Å²) in [6, 6.07) is 24.0. The first kappa shape index (κ1) is 18.8. The van der Waals surface area contributed by atoms with Crippen molar-refractivity contribution in [2.24, 2.45) is 0 Å². The van der Waals surface area contributed by atoms with Gasteiger partial charge in [-0.15, -0.1) is 0 Å². The molecule has 4 nitrogen and oxygen atoms in total. The van der Waals surface area contributed by atoms with Crippen LogP contribution in [0, 0.1) is 3.57 Å². The molecule has 0 bridgehead atoms. The van der Waals surface area contributed by atoms with Crippen molar-refractivity contribution in [3.63, 3.8) is 0 Å². The van der Waals surface area contributed by atoms with Crippen molar-refractivity contribution in [3.8, 4) is 0 Å². The highest BCUT2D eigenvalue weighted by Crippen LogP contribution is 2.20. The molecule has 3 aromatic carbocycles. The highest BCUT2D eigenvalue weighted by Gasteiger charge is 2.11. The molecule has 0 radical (unpaired) electrons. The minimum Gasteiger partial charge on any atom is -0.361 e. The number of nitrogens with zero attached hydrogens (tertiary/aromatic N) is 2. The monoisotopic (exact) mass is 503 g/mol. The van der Waals surface area contributed by atoms with Gasteiger partial charge in [0.25, 0.3) is 5.56 Å². The van der Waals surface area contributed by atoms with Gasteiger partial charge in [0, 0.05) is 20.7 Å². The summed E-state index contributed by atoms with van der Waals surface area (Å²) in [4.78, 5) is 21.5. The van der Waals surface area contributed by atoms with Gasteiger partial charge in [-0.3, -0.25) is 9.36 Å². The molecule has 1 N–H and O–H groups in total. The predicted octanol–water partition coefficient (Wildman–Crippen LogP) is 5.70. The zero-order valence-electron chi connectivity index (χ0n) is 16.0. The summed E-state index contributed by atoms with van der Waals surface area (Å²) in [5.41, 5.74) is 3.89. The highest BCUT2D eigenvalue weighted by atomic mass is 127. The second-order valence-corrected chi connectivity index (χ2v) is 8.38. The van der Waals surface area contributed by atoms with Crippen LogP contribution in [0.1, 0.15) is 17.0 Å². The summed E-state index contributed by atoms with van der Waals surface area (Å²) in [6.45, 7) is 0.474. The number of aromatic amines is 1. The molecule has 0 fully saturated rings. The van der Waals surface area contributed by atoms with Crippen molar-refractivity contribution in [3.05, 3.63) is 110 Å². The third-order valence-electron chi connectivity index (χ3n) is 5.16. The topological polar surface area (TPSA) is 50.7 Å². The summed E-state index contributed by atoms with van der Waals surface area (Å²) < 4.78 is 2.77. The number of benzene rings is 3. The summed E-state index contributed by atoms with van der Waals surface area (Å²) in [5, 5.41) is 1.78. The number of rotatable bonds is 4. The number of halogens is 1. The van der Waals surface area contributed by atoms with Gasteiger partial charge in [0.2, 0.25) is 0 Å². The normalized spacial score (nSPS) is 11.6. The van der Waals surface area contributed by atoms with E-state index >= 15 is 0 Å². The third-order valence-corrected chi connectivity index (χ3v) is 5.83. The largest absolute Gasteiger partial charge is 0.361 e. The zero-order valence-corrected chi connectivity index (χ0v) is 18.2. The Kier molecular flexibility index (Phi) is 4.96. The maximum atomic E-state index is 13.4. The van der Waals surface area contributed by atoms with Crippen molar-refractivity contribution in [2.75, 3.05) is 0 Å². The van der Waals surface area contributed by atoms with Gasteiger partial charge >= 0.3 is 0 Å². The van der Waals surface area contributed by atoms with Crippen molar-refractivity contribution in [2.45, 2.75) is 6.54 Å². The fourth-order valence-electron chi connectivity index (χ4n) is 3.65. The zero-order chi connectivity index (χ0) is 20.5. The van der Waals surface area contributed by atoms with Crippen molar-refractivity contribution >= 4 is 56.5 Å². The van der Waals surface area contributed by atoms with Crippen LogP contribution in [0.4, 0.5) is 0 Å². The maximum absolute atomic E-state index is 13.4. The second-order valence-electron chi connectivity index (χ2n) is 7.13. The molecule has 0 saturated carbocycles. The van der Waals surface area contributed by atoms with Crippen LogP contribution >= 0.6 is 22.6 Å². The molecule has 0 atom stereocenters. The Morgan fingerprint density at radius 2 is 1.73 bits per heavy atom. The van der Waals surface area contributed by atoms with E-state index in [0.29, 0.717) is 23.3 Å². The summed E-state index contributed by atoms with van der Waals surface area (Å²) in [7, 11) is 0. The quantitative estimate of drug-likeness (QED) is 0.320. The van der Waals surface area contributed by atoms with Gasteiger partial charge in [-0.25, -0.2) is 4.98 Å². The van der Waals surface area contributed by atoms with E-state index in [1.807, 2.05) is 85.1 Å². The maximum Gasteiger partial charge on any atom is 0.261 e. The molecule has 30 heavy (non-hydrogen) atoms. The summed E-state index contributed by atoms with van der Waals surface area (Å²) >= 11 is 2.23. The first-order chi connectivity index (χ1) is 14.7. The van der Waals surface area contributed by atoms with Gasteiger partial charge < -0.3 is 4.98 Å². The Bertz CT molecular complexity index is 1450. The fourth-order valence-corrected chi connectivity index (χ4v) is 4.14. The Morgan fingerprint density at radius 3 is 2.60 bits per heavy atom. The van der Waals surface area contributed by atoms with Crippen molar-refractivity contribution in [1.82, 2.24) is 14.5 Å². The van der Waals surface area contributed by atoms with Crippen LogP contribution in [0.25, 0.3) is 34.0 Å². The van der Waals surface area contributed by atoms with Crippen LogP contribution in [0.3, 0.4) is 0 Å². The number of hydrogen-bond acceptors (Lipinski definition) is 2. The molecule has 0 aliphatic heterocycles. The Balaban J connectivity index is 1.66. The number of nitrogens with one attached hydrogen (secondary N) is 1. The SMILES string of the molecule is O=c1c2cc(I)ccc2nc(/C=C/c2c[nH]c3ccccc23)n1Cc1ccccc1. The van der Waals surface area contributed by atoms with E-state index in [1.54, 1.807) is 4.57 Å². The lowest BCUT2D eigenvalue weighted by Crippen LogP contribution is -2.24. The molecule has 0 aliphatic rings. The van der Waals surface area contributed by atoms with E-state index in [-0.39, 0.29) is 5.56 Å². The van der Waals surface area contributed by atoms with Gasteiger partial charge in [0.05, 0.1) is 17.4 Å². The van der Waals surface area contributed by atoms with Crippen LogP contribution in [0.15, 0.2) is 83.8 Å². The molecule has 5 rings (SSSR count). The van der Waals surface area contributed by atoms with Gasteiger partial charge in [-0.05, 0) is 70.1 Å². The number of para-hydroxylation sites is 1. The summed E-state index contributed by atoms with van der Waals surface area (Å²) in [5.74, 6) is 0.642. The van der Waals surface area contributed by atoms with Crippen LogP contribution in [0.2, 0.25) is 0 Å². The minimum absolute atomic E-state index is 0.0269. The van der Waals surface area contributed by atoms with Gasteiger partial charge in [-0.1, -0.05) is 48.5 Å². The average Bonchev–Trinajstić information content (AvgIpc) is 3.19. The minimum atomic E-state index is -0.0269. The van der Waals surface area contributed by atoms with Crippen molar-refractivity contribution < 1.29 is 0 Å². The van der Waals surface area contributed by atoms with Gasteiger partial charge in [-0.2, -0.15) is 0 Å². The number of hydrogen-bond donors (Lipinski definition) is 1. The molecule has 0 saturated heterocycles. The van der Waals surface area contributed by atoms with Crippen LogP contribution in [-0.4, -0.2) is 14.5 Å². The second kappa shape index (κ2) is 7.91. The van der Waals surface area contributed by atoms with E-state index in [0.717, 1.165) is 25.6 Å². The van der Waals surface area contributed by atoms with E-state index in [2.05, 4.69) is 33.6 Å². The van der Waals surface area contributed by atoms with Crippen LogP contribution in [0.5, 0.6) is 0 Å². The van der Waals surface area contributed by atoms with E-state index in [1.165, 1.54) is 0 Å². The highest BCUT2D eigenvalue weighted by molar-refractivity contribution is 14.1. The molecule has 2 aromatic heterocycles. The summed E-state index contributed by atoms with van der Waals surface area (Å²) in [6.07, 6.45) is 5.92. The van der Waals surface area contributed by atoms with Gasteiger partial charge in [0.15, 0.2) is 0 Å². The lowest BCUT2D eigenvalue weighted by molar-refractivity contribution is 0.738. The lowest BCUT2D eigenvalue weighted by atomic mass is 10.1. The number of H-pyrrole nitrogens is 1. The number of aromatic nitrogens is 3. The Hall–Kier alpha value is -3.19. The van der Waals surface area contributed by atoms with Crippen molar-refractivity contribution in [1.29, 1.82) is 0 Å². The number of fused-ring (bicyclic) bond motifs is 2. The molecule has 0 spiro atoms. The molecule has 5 aromatic rings. The lowest BCUT2D eigenvalue weighted by Gasteiger charge is -2.12. The van der Waals surface area contributed by atoms with E-state index in [9.17, 15) is 4.79 Å². The predicted molar refractivity (Wildman–Crippen MR) is 131 cm³/mol.